The smallest absolute Gasteiger partial charge is 0.0992 e. The van der Waals surface area contributed by atoms with E-state index in [0.29, 0.717) is 11.5 Å². The van der Waals surface area contributed by atoms with E-state index in [2.05, 4.69) is 28.2 Å². The molecule has 1 unspecified atom stereocenters. The minimum Gasteiger partial charge on any atom is -0.381 e. The Morgan fingerprint density at radius 3 is 3.15 bits per heavy atom. The summed E-state index contributed by atoms with van der Waals surface area (Å²) in [7, 11) is 0. The zero-order chi connectivity index (χ0) is 13.8. The number of ether oxygens (including phenoxy) is 1. The zero-order valence-corrected chi connectivity index (χ0v) is 11.5. The monoisotopic (exact) mass is 269 g/mol. The maximum absolute atomic E-state index is 8.98. The van der Waals surface area contributed by atoms with Gasteiger partial charge in [0.25, 0.3) is 0 Å². The average molecular weight is 269 g/mol. The minimum atomic E-state index is 0.668. The summed E-state index contributed by atoms with van der Waals surface area (Å²) in [6.45, 7) is 4.70. The molecule has 0 spiro atoms. The molecule has 2 heterocycles. The molecule has 0 aliphatic carbocycles. The quantitative estimate of drug-likeness (QED) is 0.846. The van der Waals surface area contributed by atoms with Crippen LogP contribution in [0.1, 0.15) is 12.0 Å². The van der Waals surface area contributed by atoms with Gasteiger partial charge in [0.15, 0.2) is 0 Å². The fourth-order valence-corrected chi connectivity index (χ4v) is 2.70. The van der Waals surface area contributed by atoms with Gasteiger partial charge >= 0.3 is 0 Å². The molecular weight excluding hydrogens is 250 g/mol. The zero-order valence-electron chi connectivity index (χ0n) is 11.5. The SMILES string of the molecule is N#Cc1ccc2ccn(CCNCC3CCOC3)c2c1. The molecule has 3 rings (SSSR count). The van der Waals surface area contributed by atoms with Crippen molar-refractivity contribution in [2.45, 2.75) is 13.0 Å². The molecule has 1 fully saturated rings. The van der Waals surface area contributed by atoms with E-state index >= 15 is 0 Å². The molecule has 1 aliphatic heterocycles. The normalized spacial score (nSPS) is 18.4. The first-order valence-corrected chi connectivity index (χ1v) is 7.14. The summed E-state index contributed by atoms with van der Waals surface area (Å²) < 4.78 is 7.57. The van der Waals surface area contributed by atoms with Gasteiger partial charge in [-0.05, 0) is 35.9 Å². The van der Waals surface area contributed by atoms with Crippen LogP contribution in [-0.4, -0.2) is 30.9 Å². The fourth-order valence-electron chi connectivity index (χ4n) is 2.70. The molecule has 1 aromatic carbocycles. The summed E-state index contributed by atoms with van der Waals surface area (Å²) in [4.78, 5) is 0. The molecule has 4 nitrogen and oxygen atoms in total. The standard InChI is InChI=1S/C16H19N3O/c17-10-13-1-2-15-3-6-19(16(15)9-13)7-5-18-11-14-4-8-20-12-14/h1-3,6,9,14,18H,4-5,7-8,11-12H2. The number of aromatic nitrogens is 1. The maximum Gasteiger partial charge on any atom is 0.0992 e. The van der Waals surface area contributed by atoms with Gasteiger partial charge in [0.2, 0.25) is 0 Å². The lowest BCUT2D eigenvalue weighted by Gasteiger charge is -2.10. The van der Waals surface area contributed by atoms with E-state index in [1.54, 1.807) is 0 Å². The Balaban J connectivity index is 1.58. The van der Waals surface area contributed by atoms with Crippen molar-refractivity contribution in [2.24, 2.45) is 5.92 Å². The molecule has 1 aromatic heterocycles. The van der Waals surface area contributed by atoms with Crippen molar-refractivity contribution in [1.82, 2.24) is 9.88 Å². The van der Waals surface area contributed by atoms with Crippen LogP contribution in [0.25, 0.3) is 10.9 Å². The van der Waals surface area contributed by atoms with E-state index in [1.807, 2.05) is 18.2 Å². The molecule has 0 saturated carbocycles. The van der Waals surface area contributed by atoms with E-state index in [1.165, 1.54) is 11.8 Å². The van der Waals surface area contributed by atoms with Crippen LogP contribution in [0.5, 0.6) is 0 Å². The Bertz CT molecular complexity index is 620. The number of nitriles is 1. The number of fused-ring (bicyclic) bond motifs is 1. The van der Waals surface area contributed by atoms with Crippen LogP contribution in [0.4, 0.5) is 0 Å². The third kappa shape index (κ3) is 2.84. The van der Waals surface area contributed by atoms with Crippen molar-refractivity contribution >= 4 is 10.9 Å². The highest BCUT2D eigenvalue weighted by Crippen LogP contribution is 2.17. The van der Waals surface area contributed by atoms with Gasteiger partial charge in [0, 0.05) is 38.0 Å². The van der Waals surface area contributed by atoms with Gasteiger partial charge in [-0.25, -0.2) is 0 Å². The topological polar surface area (TPSA) is 50.0 Å². The largest absolute Gasteiger partial charge is 0.381 e. The van der Waals surface area contributed by atoms with E-state index in [9.17, 15) is 0 Å². The fraction of sp³-hybridized carbons (Fsp3) is 0.438. The lowest BCUT2D eigenvalue weighted by atomic mass is 10.1. The second-order valence-electron chi connectivity index (χ2n) is 5.33. The van der Waals surface area contributed by atoms with Crippen molar-refractivity contribution in [1.29, 1.82) is 5.26 Å². The van der Waals surface area contributed by atoms with Crippen LogP contribution < -0.4 is 5.32 Å². The highest BCUT2D eigenvalue weighted by molar-refractivity contribution is 5.81. The van der Waals surface area contributed by atoms with Crippen molar-refractivity contribution in [3.05, 3.63) is 36.0 Å². The van der Waals surface area contributed by atoms with Crippen LogP contribution in [0.3, 0.4) is 0 Å². The second kappa shape index (κ2) is 6.08. The highest BCUT2D eigenvalue weighted by atomic mass is 16.5. The van der Waals surface area contributed by atoms with Crippen molar-refractivity contribution in [3.8, 4) is 6.07 Å². The summed E-state index contributed by atoms with van der Waals surface area (Å²) >= 11 is 0. The first kappa shape index (κ1) is 13.2. The van der Waals surface area contributed by atoms with Crippen molar-refractivity contribution < 1.29 is 4.74 Å². The minimum absolute atomic E-state index is 0.668. The Hall–Kier alpha value is -1.83. The van der Waals surface area contributed by atoms with Gasteiger partial charge in [-0.15, -0.1) is 0 Å². The number of nitrogens with zero attached hydrogens (tertiary/aromatic N) is 2. The first-order valence-electron chi connectivity index (χ1n) is 7.14. The van der Waals surface area contributed by atoms with Gasteiger partial charge in [-0.3, -0.25) is 0 Å². The van der Waals surface area contributed by atoms with Crippen LogP contribution in [-0.2, 0) is 11.3 Å². The molecule has 0 radical (unpaired) electrons. The number of hydrogen-bond donors (Lipinski definition) is 1. The van der Waals surface area contributed by atoms with Crippen LogP contribution >= 0.6 is 0 Å². The number of rotatable bonds is 5. The number of benzene rings is 1. The summed E-state index contributed by atoms with van der Waals surface area (Å²) in [5.74, 6) is 0.668. The summed E-state index contributed by atoms with van der Waals surface area (Å²) in [5, 5.41) is 13.7. The van der Waals surface area contributed by atoms with Crippen LogP contribution in [0.15, 0.2) is 30.5 Å². The summed E-state index contributed by atoms with van der Waals surface area (Å²) in [6, 6.07) is 10.1. The lowest BCUT2D eigenvalue weighted by molar-refractivity contribution is 0.185. The Morgan fingerprint density at radius 1 is 1.40 bits per heavy atom. The maximum atomic E-state index is 8.98. The number of hydrogen-bond acceptors (Lipinski definition) is 3. The molecule has 2 aromatic rings. The second-order valence-corrected chi connectivity index (χ2v) is 5.33. The predicted molar refractivity (Wildman–Crippen MR) is 78.4 cm³/mol. The number of nitrogens with one attached hydrogen (secondary N) is 1. The third-order valence-electron chi connectivity index (χ3n) is 3.89. The van der Waals surface area contributed by atoms with E-state index < -0.39 is 0 Å². The Labute approximate surface area is 119 Å². The molecule has 0 bridgehead atoms. The van der Waals surface area contributed by atoms with Gasteiger partial charge < -0.3 is 14.6 Å². The van der Waals surface area contributed by atoms with Gasteiger partial charge in [0.1, 0.15) is 0 Å². The first-order chi connectivity index (χ1) is 9.86. The average Bonchev–Trinajstić information content (AvgIpc) is 3.13. The third-order valence-corrected chi connectivity index (χ3v) is 3.89. The van der Waals surface area contributed by atoms with E-state index in [0.717, 1.165) is 38.4 Å². The Kier molecular flexibility index (Phi) is 4.00. The molecule has 1 N–H and O–H groups in total. The molecule has 0 amide bonds. The summed E-state index contributed by atoms with van der Waals surface area (Å²) in [5.41, 5.74) is 1.85. The van der Waals surface area contributed by atoms with Gasteiger partial charge in [0.05, 0.1) is 18.2 Å². The van der Waals surface area contributed by atoms with Crippen molar-refractivity contribution in [3.63, 3.8) is 0 Å². The lowest BCUT2D eigenvalue weighted by Crippen LogP contribution is -2.26. The Morgan fingerprint density at radius 2 is 2.35 bits per heavy atom. The summed E-state index contributed by atoms with van der Waals surface area (Å²) in [6.07, 6.45) is 3.26. The van der Waals surface area contributed by atoms with Gasteiger partial charge in [-0.2, -0.15) is 5.26 Å². The van der Waals surface area contributed by atoms with E-state index in [4.69, 9.17) is 10.00 Å². The molecule has 20 heavy (non-hydrogen) atoms. The van der Waals surface area contributed by atoms with Crippen molar-refractivity contribution in [2.75, 3.05) is 26.3 Å². The molecular formula is C16H19N3O. The highest BCUT2D eigenvalue weighted by Gasteiger charge is 2.14. The van der Waals surface area contributed by atoms with E-state index in [-0.39, 0.29) is 0 Å². The van der Waals surface area contributed by atoms with Crippen LogP contribution in [0, 0.1) is 17.2 Å². The predicted octanol–water partition coefficient (Wildman–Crippen LogP) is 2.14. The molecule has 104 valence electrons. The molecule has 4 heteroatoms. The molecule has 1 saturated heterocycles. The van der Waals surface area contributed by atoms with Crippen LogP contribution in [0.2, 0.25) is 0 Å². The molecule has 1 aliphatic rings. The van der Waals surface area contributed by atoms with Gasteiger partial charge in [-0.1, -0.05) is 6.07 Å². The molecule has 1 atom stereocenters.